The Morgan fingerprint density at radius 2 is 2.15 bits per heavy atom. The molecule has 10 heteroatoms. The predicted octanol–water partition coefficient (Wildman–Crippen LogP) is 2.76. The first-order valence-corrected chi connectivity index (χ1v) is 10.7. The first kappa shape index (κ1) is 17.4. The van der Waals surface area contributed by atoms with Crippen LogP contribution in [-0.4, -0.2) is 39.2 Å². The van der Waals surface area contributed by atoms with E-state index in [1.807, 2.05) is 17.5 Å². The highest BCUT2D eigenvalue weighted by Crippen LogP contribution is 2.36. The van der Waals surface area contributed by atoms with Crippen molar-refractivity contribution in [1.29, 1.82) is 0 Å². The summed E-state index contributed by atoms with van der Waals surface area (Å²) in [5.74, 6) is 0.772. The summed E-state index contributed by atoms with van der Waals surface area (Å²) in [6.07, 6.45) is 3.78. The maximum absolute atomic E-state index is 13.2. The van der Waals surface area contributed by atoms with Crippen LogP contribution in [0.2, 0.25) is 0 Å². The van der Waals surface area contributed by atoms with Gasteiger partial charge in [-0.3, -0.25) is 4.68 Å². The zero-order chi connectivity index (χ0) is 18.3. The number of nitrogens with zero attached hydrogens (tertiary/aromatic N) is 5. The van der Waals surface area contributed by atoms with Crippen LogP contribution in [-0.2, 0) is 17.1 Å². The molecule has 1 aliphatic rings. The summed E-state index contributed by atoms with van der Waals surface area (Å²) in [5.41, 5.74) is 0.610. The van der Waals surface area contributed by atoms with Crippen molar-refractivity contribution < 1.29 is 12.8 Å². The molecule has 0 saturated carbocycles. The standard InChI is InChI=1S/C16H19N5O3S2/c1-11-14(10-17-20(11)2)26(22,23)21-8-4-3-6-12(21)15-18-19-16(24-15)13-7-5-9-25-13/h5,7,9-10,12H,3-4,6,8H2,1-2H3/t12-/m1/s1. The molecule has 1 aliphatic heterocycles. The molecule has 138 valence electrons. The van der Waals surface area contributed by atoms with Crippen LogP contribution >= 0.6 is 11.3 Å². The van der Waals surface area contributed by atoms with Crippen LogP contribution in [0.25, 0.3) is 10.8 Å². The van der Waals surface area contributed by atoms with Gasteiger partial charge in [0.15, 0.2) is 0 Å². The van der Waals surface area contributed by atoms with Gasteiger partial charge in [-0.25, -0.2) is 8.42 Å². The minimum absolute atomic E-state index is 0.227. The second-order valence-corrected chi connectivity index (χ2v) is 9.07. The van der Waals surface area contributed by atoms with Crippen LogP contribution in [0.4, 0.5) is 0 Å². The van der Waals surface area contributed by atoms with E-state index in [1.165, 1.54) is 21.8 Å². The van der Waals surface area contributed by atoms with E-state index in [0.29, 0.717) is 30.4 Å². The van der Waals surface area contributed by atoms with E-state index in [4.69, 9.17) is 4.42 Å². The van der Waals surface area contributed by atoms with Crippen molar-refractivity contribution in [3.05, 3.63) is 35.3 Å². The summed E-state index contributed by atoms with van der Waals surface area (Å²) in [7, 11) is -1.96. The summed E-state index contributed by atoms with van der Waals surface area (Å²) in [4.78, 5) is 1.10. The highest BCUT2D eigenvalue weighted by atomic mass is 32.2. The SMILES string of the molecule is Cc1c(S(=O)(=O)N2CCCC[C@@H]2c2nnc(-c3cccs3)o2)cnn1C. The Labute approximate surface area is 155 Å². The fourth-order valence-electron chi connectivity index (χ4n) is 3.17. The Bertz CT molecular complexity index is 1010. The van der Waals surface area contributed by atoms with Gasteiger partial charge in [0, 0.05) is 13.6 Å². The number of aryl methyl sites for hydroxylation is 1. The normalized spacial score (nSPS) is 19.1. The number of hydrogen-bond donors (Lipinski definition) is 0. The summed E-state index contributed by atoms with van der Waals surface area (Å²) in [6.45, 7) is 2.18. The quantitative estimate of drug-likeness (QED) is 0.676. The number of piperidine rings is 1. The van der Waals surface area contributed by atoms with Gasteiger partial charge in [-0.15, -0.1) is 21.5 Å². The molecule has 0 radical (unpaired) electrons. The average Bonchev–Trinajstić information content (AvgIpc) is 3.37. The molecular weight excluding hydrogens is 374 g/mol. The van der Waals surface area contributed by atoms with Crippen LogP contribution in [0.3, 0.4) is 0 Å². The van der Waals surface area contributed by atoms with Crippen LogP contribution < -0.4 is 0 Å². The molecule has 4 rings (SSSR count). The van der Waals surface area contributed by atoms with E-state index in [9.17, 15) is 8.42 Å². The van der Waals surface area contributed by atoms with Crippen molar-refractivity contribution in [2.45, 2.75) is 37.1 Å². The lowest BCUT2D eigenvalue weighted by atomic mass is 10.1. The molecule has 1 fully saturated rings. The van der Waals surface area contributed by atoms with Crippen molar-refractivity contribution in [2.75, 3.05) is 6.54 Å². The van der Waals surface area contributed by atoms with Crippen LogP contribution in [0, 0.1) is 6.92 Å². The fourth-order valence-corrected chi connectivity index (χ4v) is 5.65. The van der Waals surface area contributed by atoms with Crippen molar-refractivity contribution in [1.82, 2.24) is 24.3 Å². The smallest absolute Gasteiger partial charge is 0.257 e. The Kier molecular flexibility index (Phi) is 4.41. The molecule has 0 amide bonds. The molecule has 3 aromatic rings. The van der Waals surface area contributed by atoms with E-state index in [2.05, 4.69) is 15.3 Å². The molecule has 0 bridgehead atoms. The number of thiophene rings is 1. The van der Waals surface area contributed by atoms with E-state index < -0.39 is 16.1 Å². The van der Waals surface area contributed by atoms with E-state index in [-0.39, 0.29) is 4.90 Å². The average molecular weight is 393 g/mol. The number of rotatable bonds is 4. The summed E-state index contributed by atoms with van der Waals surface area (Å²) in [6, 6.07) is 3.36. The second-order valence-electron chi connectivity index (χ2n) is 6.27. The molecule has 1 atom stereocenters. The maximum atomic E-state index is 13.2. The van der Waals surface area contributed by atoms with Gasteiger partial charge < -0.3 is 4.42 Å². The molecule has 0 spiro atoms. The Morgan fingerprint density at radius 3 is 2.85 bits per heavy atom. The first-order chi connectivity index (χ1) is 12.5. The number of hydrogen-bond acceptors (Lipinski definition) is 7. The molecule has 3 aromatic heterocycles. The highest BCUT2D eigenvalue weighted by Gasteiger charge is 2.39. The molecule has 8 nitrogen and oxygen atoms in total. The zero-order valence-electron chi connectivity index (χ0n) is 14.5. The summed E-state index contributed by atoms with van der Waals surface area (Å²) in [5, 5.41) is 14.3. The molecular formula is C16H19N5O3S2. The van der Waals surface area contributed by atoms with Crippen LogP contribution in [0.1, 0.15) is 36.9 Å². The summed E-state index contributed by atoms with van der Waals surface area (Å²) >= 11 is 1.50. The molecule has 0 aromatic carbocycles. The molecule has 0 N–H and O–H groups in total. The third-order valence-electron chi connectivity index (χ3n) is 4.69. The molecule has 4 heterocycles. The predicted molar refractivity (Wildman–Crippen MR) is 96.0 cm³/mol. The third-order valence-corrected chi connectivity index (χ3v) is 7.56. The molecule has 0 aliphatic carbocycles. The van der Waals surface area contributed by atoms with Crippen molar-refractivity contribution in [2.24, 2.45) is 7.05 Å². The van der Waals surface area contributed by atoms with Crippen LogP contribution in [0.15, 0.2) is 33.0 Å². The van der Waals surface area contributed by atoms with Crippen molar-refractivity contribution in [3.8, 4) is 10.8 Å². The summed E-state index contributed by atoms with van der Waals surface area (Å²) < 4.78 is 35.3. The Hall–Kier alpha value is -2.04. The first-order valence-electron chi connectivity index (χ1n) is 8.36. The third kappa shape index (κ3) is 2.87. The minimum Gasteiger partial charge on any atom is -0.418 e. The topological polar surface area (TPSA) is 94.1 Å². The van der Waals surface area contributed by atoms with Gasteiger partial charge in [0.1, 0.15) is 10.9 Å². The van der Waals surface area contributed by atoms with Crippen molar-refractivity contribution >= 4 is 21.4 Å². The van der Waals surface area contributed by atoms with E-state index in [1.54, 1.807) is 18.7 Å². The number of sulfonamides is 1. The fraction of sp³-hybridized carbons (Fsp3) is 0.438. The van der Waals surface area contributed by atoms with Crippen LogP contribution in [0.5, 0.6) is 0 Å². The van der Waals surface area contributed by atoms with Gasteiger partial charge in [0.05, 0.1) is 16.8 Å². The Balaban J connectivity index is 1.70. The monoisotopic (exact) mass is 393 g/mol. The second kappa shape index (κ2) is 6.60. The van der Waals surface area contributed by atoms with Crippen molar-refractivity contribution in [3.63, 3.8) is 0 Å². The van der Waals surface area contributed by atoms with E-state index in [0.717, 1.165) is 17.7 Å². The maximum Gasteiger partial charge on any atom is 0.257 e. The lowest BCUT2D eigenvalue weighted by Crippen LogP contribution is -2.38. The highest BCUT2D eigenvalue weighted by molar-refractivity contribution is 7.89. The lowest BCUT2D eigenvalue weighted by Gasteiger charge is -2.32. The molecule has 1 saturated heterocycles. The van der Waals surface area contributed by atoms with Gasteiger partial charge in [-0.1, -0.05) is 12.5 Å². The Morgan fingerprint density at radius 1 is 1.31 bits per heavy atom. The number of aromatic nitrogens is 4. The largest absolute Gasteiger partial charge is 0.418 e. The van der Waals surface area contributed by atoms with Gasteiger partial charge in [0.25, 0.3) is 5.89 Å². The van der Waals surface area contributed by atoms with Gasteiger partial charge in [-0.05, 0) is 31.2 Å². The molecule has 26 heavy (non-hydrogen) atoms. The zero-order valence-corrected chi connectivity index (χ0v) is 16.1. The lowest BCUT2D eigenvalue weighted by molar-refractivity contribution is 0.220. The van der Waals surface area contributed by atoms with E-state index >= 15 is 0 Å². The minimum atomic E-state index is -3.69. The van der Waals surface area contributed by atoms with Gasteiger partial charge in [0.2, 0.25) is 15.9 Å². The molecule has 0 unspecified atom stereocenters. The van der Waals surface area contributed by atoms with Gasteiger partial charge >= 0.3 is 0 Å². The van der Waals surface area contributed by atoms with Gasteiger partial charge in [-0.2, -0.15) is 9.40 Å².